The number of hydrogen-bond donors (Lipinski definition) is 0. The zero-order chi connectivity index (χ0) is 22.8. The molecule has 6 nitrogen and oxygen atoms in total. The van der Waals surface area contributed by atoms with Crippen LogP contribution in [0.5, 0.6) is 5.75 Å². The smallest absolute Gasteiger partial charge is 0.255 e. The molecule has 0 atom stereocenters. The van der Waals surface area contributed by atoms with Gasteiger partial charge in [-0.25, -0.2) is 0 Å². The van der Waals surface area contributed by atoms with Crippen LogP contribution in [-0.4, -0.2) is 54.1 Å². The van der Waals surface area contributed by atoms with E-state index in [4.69, 9.17) is 14.2 Å². The molecule has 2 fully saturated rings. The largest absolute Gasteiger partial charge is 0.492 e. The Bertz CT molecular complexity index is 1120. The van der Waals surface area contributed by atoms with Crippen LogP contribution in [0.2, 0.25) is 0 Å². The van der Waals surface area contributed by atoms with E-state index in [2.05, 4.69) is 16.7 Å². The van der Waals surface area contributed by atoms with Crippen LogP contribution >= 0.6 is 0 Å². The Balaban J connectivity index is 1.54. The van der Waals surface area contributed by atoms with Crippen molar-refractivity contribution >= 4 is 5.91 Å². The van der Waals surface area contributed by atoms with Gasteiger partial charge in [-0.05, 0) is 37.6 Å². The number of aromatic nitrogens is 1. The van der Waals surface area contributed by atoms with Gasteiger partial charge in [0.2, 0.25) is 0 Å². The predicted molar refractivity (Wildman–Crippen MR) is 127 cm³/mol. The molecule has 6 heteroatoms. The molecule has 33 heavy (non-hydrogen) atoms. The Morgan fingerprint density at radius 2 is 1.67 bits per heavy atom. The van der Waals surface area contributed by atoms with Crippen LogP contribution in [0.15, 0.2) is 60.7 Å². The topological polar surface area (TPSA) is 52.9 Å². The summed E-state index contributed by atoms with van der Waals surface area (Å²) in [4.78, 5) is 15.6. The third-order valence-corrected chi connectivity index (χ3v) is 6.58. The zero-order valence-corrected chi connectivity index (χ0v) is 19.3. The molecule has 0 bridgehead atoms. The van der Waals surface area contributed by atoms with Gasteiger partial charge in [0.15, 0.2) is 5.79 Å². The van der Waals surface area contributed by atoms with Gasteiger partial charge in [0.25, 0.3) is 5.91 Å². The second-order valence-electron chi connectivity index (χ2n) is 8.53. The highest BCUT2D eigenvalue weighted by molar-refractivity contribution is 5.97. The molecule has 5 rings (SSSR count). The lowest BCUT2D eigenvalue weighted by Crippen LogP contribution is -2.47. The van der Waals surface area contributed by atoms with Crippen molar-refractivity contribution in [2.24, 2.45) is 0 Å². The van der Waals surface area contributed by atoms with Gasteiger partial charge >= 0.3 is 0 Å². The van der Waals surface area contributed by atoms with Crippen molar-refractivity contribution in [1.29, 1.82) is 0 Å². The molecule has 172 valence electrons. The van der Waals surface area contributed by atoms with Crippen LogP contribution in [0, 0.1) is 6.92 Å². The first-order valence-electron chi connectivity index (χ1n) is 11.7. The summed E-state index contributed by atoms with van der Waals surface area (Å²) in [5.74, 6) is 0.346. The molecule has 0 saturated carbocycles. The summed E-state index contributed by atoms with van der Waals surface area (Å²) >= 11 is 0. The lowest BCUT2D eigenvalue weighted by atomic mass is 10.0. The van der Waals surface area contributed by atoms with E-state index >= 15 is 0 Å². The van der Waals surface area contributed by atoms with Gasteiger partial charge < -0.3 is 23.7 Å². The molecule has 2 aromatic carbocycles. The highest BCUT2D eigenvalue weighted by Gasteiger charge is 2.41. The third-order valence-electron chi connectivity index (χ3n) is 6.58. The van der Waals surface area contributed by atoms with E-state index in [0.29, 0.717) is 51.3 Å². The Labute approximate surface area is 194 Å². The third kappa shape index (κ3) is 4.05. The summed E-state index contributed by atoms with van der Waals surface area (Å²) in [6.45, 7) is 7.08. The van der Waals surface area contributed by atoms with Crippen LogP contribution in [0.4, 0.5) is 0 Å². The van der Waals surface area contributed by atoms with Crippen molar-refractivity contribution in [1.82, 2.24) is 9.47 Å². The molecule has 1 spiro atoms. The van der Waals surface area contributed by atoms with Gasteiger partial charge in [0.1, 0.15) is 5.75 Å². The number of benzene rings is 2. The van der Waals surface area contributed by atoms with E-state index in [1.165, 1.54) is 0 Å². The normalized spacial score (nSPS) is 17.5. The second kappa shape index (κ2) is 9.04. The summed E-state index contributed by atoms with van der Waals surface area (Å²) in [6, 6.07) is 20.2. The second-order valence-corrected chi connectivity index (χ2v) is 8.53. The van der Waals surface area contributed by atoms with Crippen molar-refractivity contribution in [3.05, 3.63) is 71.9 Å². The Morgan fingerprint density at radius 3 is 2.36 bits per heavy atom. The fourth-order valence-electron chi connectivity index (χ4n) is 4.88. The summed E-state index contributed by atoms with van der Waals surface area (Å²) < 4.78 is 19.7. The molecule has 3 aromatic rings. The summed E-state index contributed by atoms with van der Waals surface area (Å²) in [7, 11) is 0. The van der Waals surface area contributed by atoms with E-state index in [-0.39, 0.29) is 5.91 Å². The monoisotopic (exact) mass is 446 g/mol. The summed E-state index contributed by atoms with van der Waals surface area (Å²) in [5.41, 5.74) is 4.57. The summed E-state index contributed by atoms with van der Waals surface area (Å²) in [5, 5.41) is 0. The summed E-state index contributed by atoms with van der Waals surface area (Å²) in [6.07, 6.45) is 1.41. The van der Waals surface area contributed by atoms with Crippen molar-refractivity contribution in [3.63, 3.8) is 0 Å². The molecule has 3 heterocycles. The number of hydrogen-bond acceptors (Lipinski definition) is 4. The minimum absolute atomic E-state index is 0.0465. The molecule has 2 saturated heterocycles. The first-order chi connectivity index (χ1) is 16.1. The van der Waals surface area contributed by atoms with Crippen molar-refractivity contribution in [2.75, 3.05) is 32.9 Å². The fourth-order valence-corrected chi connectivity index (χ4v) is 4.88. The molecule has 1 amide bonds. The standard InChI is InChI=1S/C27H30N2O4/c1-3-31-25-12-8-7-11-23(25)29-20(2)22(19-24(29)21-9-5-4-6-10-21)26(30)28-15-13-27(14-16-28)32-17-18-33-27/h4-12,19H,3,13-18H2,1-2H3. The molecule has 2 aliphatic heterocycles. The highest BCUT2D eigenvalue weighted by atomic mass is 16.7. The lowest BCUT2D eigenvalue weighted by molar-refractivity contribution is -0.181. The number of likely N-dealkylation sites (tertiary alicyclic amines) is 1. The van der Waals surface area contributed by atoms with E-state index in [1.54, 1.807) is 0 Å². The fraction of sp³-hybridized carbons (Fsp3) is 0.370. The molecule has 2 aliphatic rings. The van der Waals surface area contributed by atoms with Crippen LogP contribution < -0.4 is 4.74 Å². The number of amides is 1. The number of para-hydroxylation sites is 2. The average molecular weight is 447 g/mol. The molecule has 0 aliphatic carbocycles. The van der Waals surface area contributed by atoms with E-state index in [0.717, 1.165) is 28.4 Å². The van der Waals surface area contributed by atoms with Gasteiger partial charge in [-0.15, -0.1) is 0 Å². The highest BCUT2D eigenvalue weighted by Crippen LogP contribution is 2.36. The number of ether oxygens (including phenoxy) is 3. The first-order valence-corrected chi connectivity index (χ1v) is 11.7. The minimum Gasteiger partial charge on any atom is -0.492 e. The van der Waals surface area contributed by atoms with Crippen molar-refractivity contribution < 1.29 is 19.0 Å². The van der Waals surface area contributed by atoms with Gasteiger partial charge in [-0.2, -0.15) is 0 Å². The minimum atomic E-state index is -0.497. The lowest BCUT2D eigenvalue weighted by Gasteiger charge is -2.37. The molecule has 0 N–H and O–H groups in total. The number of carbonyl (C=O) groups excluding carboxylic acids is 1. The van der Waals surface area contributed by atoms with E-state index < -0.39 is 5.79 Å². The van der Waals surface area contributed by atoms with Gasteiger partial charge in [0, 0.05) is 31.6 Å². The number of piperidine rings is 1. The van der Waals surface area contributed by atoms with Gasteiger partial charge in [-0.1, -0.05) is 42.5 Å². The number of carbonyl (C=O) groups is 1. The van der Waals surface area contributed by atoms with Crippen molar-refractivity contribution in [2.45, 2.75) is 32.5 Å². The quantitative estimate of drug-likeness (QED) is 0.563. The number of rotatable bonds is 5. The van der Waals surface area contributed by atoms with Crippen LogP contribution in [0.3, 0.4) is 0 Å². The van der Waals surface area contributed by atoms with Crippen LogP contribution in [-0.2, 0) is 9.47 Å². The predicted octanol–water partition coefficient (Wildman–Crippen LogP) is 4.83. The maximum atomic E-state index is 13.7. The maximum Gasteiger partial charge on any atom is 0.255 e. The SMILES string of the molecule is CCOc1ccccc1-n1c(-c2ccccc2)cc(C(=O)N2CCC3(CC2)OCCO3)c1C. The van der Waals surface area contributed by atoms with Crippen molar-refractivity contribution in [3.8, 4) is 22.7 Å². The molecular formula is C27H30N2O4. The average Bonchev–Trinajstić information content (AvgIpc) is 3.45. The molecule has 0 radical (unpaired) electrons. The Morgan fingerprint density at radius 1 is 1.00 bits per heavy atom. The van der Waals surface area contributed by atoms with Crippen LogP contribution in [0.1, 0.15) is 35.8 Å². The molecule has 0 unspecified atom stereocenters. The maximum absolute atomic E-state index is 13.7. The first kappa shape index (κ1) is 21.7. The molecule has 1 aromatic heterocycles. The Hall–Kier alpha value is -3.09. The Kier molecular flexibility index (Phi) is 5.96. The van der Waals surface area contributed by atoms with E-state index in [9.17, 15) is 4.79 Å². The van der Waals surface area contributed by atoms with Gasteiger partial charge in [0.05, 0.1) is 36.8 Å². The molecular weight excluding hydrogens is 416 g/mol. The number of nitrogens with zero attached hydrogens (tertiary/aromatic N) is 2. The zero-order valence-electron chi connectivity index (χ0n) is 19.3. The van der Waals surface area contributed by atoms with Gasteiger partial charge in [-0.3, -0.25) is 4.79 Å². The van der Waals surface area contributed by atoms with E-state index in [1.807, 2.05) is 67.3 Å². The van der Waals surface area contributed by atoms with Crippen LogP contribution in [0.25, 0.3) is 16.9 Å².